The Balaban J connectivity index is 2.00. The van der Waals surface area contributed by atoms with Crippen LogP contribution in [0.5, 0.6) is 0 Å². The highest BCUT2D eigenvalue weighted by atomic mass is 16.5. The van der Waals surface area contributed by atoms with Gasteiger partial charge >= 0.3 is 11.9 Å². The molecule has 32 heavy (non-hydrogen) atoms. The van der Waals surface area contributed by atoms with Crippen molar-refractivity contribution in [3.63, 3.8) is 0 Å². The Morgan fingerprint density at radius 2 is 1.28 bits per heavy atom. The summed E-state index contributed by atoms with van der Waals surface area (Å²) in [6.45, 7) is 2.02. The molecule has 0 saturated carbocycles. The fourth-order valence-electron chi connectivity index (χ4n) is 4.37. The normalized spacial score (nSPS) is 17.2. The van der Waals surface area contributed by atoms with Crippen LogP contribution in [0.3, 0.4) is 0 Å². The predicted octanol–water partition coefficient (Wildman–Crippen LogP) is 4.45. The standard InChI is InChI=1S/C26H26N2O4/c1-19-14-16-20(17-15-19)23-18-26(24(29)31-2,25(30)32-3)28(22-12-8-5-9-13-22)27(23)21-10-6-4-7-11-21/h4-17,23H,18H2,1-3H3. The van der Waals surface area contributed by atoms with E-state index in [0.29, 0.717) is 5.69 Å². The number of ether oxygens (including phenoxy) is 2. The lowest BCUT2D eigenvalue weighted by Gasteiger charge is -2.41. The van der Waals surface area contributed by atoms with E-state index >= 15 is 0 Å². The number of carbonyl (C=O) groups excluding carboxylic acids is 2. The second-order valence-corrected chi connectivity index (χ2v) is 7.80. The average molecular weight is 431 g/mol. The van der Waals surface area contributed by atoms with Crippen molar-refractivity contribution < 1.29 is 19.1 Å². The summed E-state index contributed by atoms with van der Waals surface area (Å²) < 4.78 is 10.4. The first-order valence-electron chi connectivity index (χ1n) is 10.5. The van der Waals surface area contributed by atoms with Crippen molar-refractivity contribution in [2.75, 3.05) is 24.2 Å². The van der Waals surface area contributed by atoms with Gasteiger partial charge in [0.1, 0.15) is 0 Å². The maximum absolute atomic E-state index is 13.3. The molecule has 1 aliphatic heterocycles. The van der Waals surface area contributed by atoms with Crippen molar-refractivity contribution in [3.05, 3.63) is 96.1 Å². The lowest BCUT2D eigenvalue weighted by atomic mass is 9.89. The van der Waals surface area contributed by atoms with Crippen LogP contribution in [0.15, 0.2) is 84.9 Å². The number of carbonyl (C=O) groups is 2. The highest BCUT2D eigenvalue weighted by Gasteiger charge is 2.63. The average Bonchev–Trinajstić information content (AvgIpc) is 3.21. The largest absolute Gasteiger partial charge is 0.467 e. The lowest BCUT2D eigenvalue weighted by molar-refractivity contribution is -0.160. The van der Waals surface area contributed by atoms with Crippen LogP contribution in [0.25, 0.3) is 0 Å². The van der Waals surface area contributed by atoms with Crippen LogP contribution < -0.4 is 10.0 Å². The number of methoxy groups -OCH3 is 2. The number of hydrogen-bond donors (Lipinski definition) is 0. The van der Waals surface area contributed by atoms with Crippen molar-refractivity contribution >= 4 is 23.3 Å². The van der Waals surface area contributed by atoms with Gasteiger partial charge in [0.15, 0.2) is 0 Å². The van der Waals surface area contributed by atoms with E-state index in [1.165, 1.54) is 14.2 Å². The van der Waals surface area contributed by atoms with Gasteiger partial charge < -0.3 is 9.47 Å². The Morgan fingerprint density at radius 3 is 1.78 bits per heavy atom. The summed E-state index contributed by atoms with van der Waals surface area (Å²) in [7, 11) is 2.59. The second-order valence-electron chi connectivity index (χ2n) is 7.80. The summed E-state index contributed by atoms with van der Waals surface area (Å²) in [5, 5.41) is 3.72. The van der Waals surface area contributed by atoms with Gasteiger partial charge in [-0.3, -0.25) is 10.0 Å². The van der Waals surface area contributed by atoms with Gasteiger partial charge in [0, 0.05) is 6.42 Å². The molecule has 0 radical (unpaired) electrons. The van der Waals surface area contributed by atoms with Crippen molar-refractivity contribution in [2.45, 2.75) is 24.9 Å². The number of hydrazine groups is 1. The third-order valence-corrected chi connectivity index (χ3v) is 5.89. The first kappa shape index (κ1) is 21.4. The van der Waals surface area contributed by atoms with Gasteiger partial charge in [-0.25, -0.2) is 9.59 Å². The number of benzene rings is 3. The molecule has 0 aliphatic carbocycles. The molecule has 1 unspecified atom stereocenters. The zero-order valence-corrected chi connectivity index (χ0v) is 18.4. The van der Waals surface area contributed by atoms with E-state index in [4.69, 9.17) is 9.47 Å². The fourth-order valence-corrected chi connectivity index (χ4v) is 4.37. The minimum absolute atomic E-state index is 0.166. The van der Waals surface area contributed by atoms with E-state index in [9.17, 15) is 9.59 Å². The lowest BCUT2D eigenvalue weighted by Crippen LogP contribution is -2.61. The Morgan fingerprint density at radius 1 is 0.781 bits per heavy atom. The predicted molar refractivity (Wildman–Crippen MR) is 123 cm³/mol. The molecule has 1 aliphatic rings. The van der Waals surface area contributed by atoms with Gasteiger partial charge in [0.2, 0.25) is 0 Å². The number of aryl methyl sites for hydroxylation is 1. The molecule has 0 spiro atoms. The van der Waals surface area contributed by atoms with Gasteiger partial charge in [-0.05, 0) is 36.8 Å². The smallest absolute Gasteiger partial charge is 0.345 e. The SMILES string of the molecule is COC(=O)C1(C(=O)OC)CC(c2ccc(C)cc2)N(c2ccccc2)N1c1ccccc1. The molecule has 1 atom stereocenters. The Kier molecular flexibility index (Phi) is 5.86. The summed E-state index contributed by atoms with van der Waals surface area (Å²) >= 11 is 0. The molecule has 0 amide bonds. The van der Waals surface area contributed by atoms with E-state index in [-0.39, 0.29) is 12.5 Å². The first-order valence-corrected chi connectivity index (χ1v) is 10.5. The molecule has 0 aromatic heterocycles. The Hall–Kier alpha value is -3.80. The molecule has 1 fully saturated rings. The van der Waals surface area contributed by atoms with Crippen molar-refractivity contribution in [2.24, 2.45) is 0 Å². The molecule has 0 N–H and O–H groups in total. The van der Waals surface area contributed by atoms with Gasteiger partial charge in [0.25, 0.3) is 5.54 Å². The fraction of sp³-hybridized carbons (Fsp3) is 0.231. The van der Waals surface area contributed by atoms with Crippen molar-refractivity contribution in [3.8, 4) is 0 Å². The van der Waals surface area contributed by atoms with Crippen LogP contribution in [0.4, 0.5) is 11.4 Å². The van der Waals surface area contributed by atoms with E-state index in [1.54, 1.807) is 5.01 Å². The van der Waals surface area contributed by atoms with Crippen LogP contribution in [-0.4, -0.2) is 31.7 Å². The minimum atomic E-state index is -1.68. The highest BCUT2D eigenvalue weighted by molar-refractivity contribution is 6.10. The molecule has 3 aromatic carbocycles. The third-order valence-electron chi connectivity index (χ3n) is 5.89. The molecular weight excluding hydrogens is 404 g/mol. The number of para-hydroxylation sites is 2. The molecule has 3 aromatic rings. The maximum atomic E-state index is 13.3. The highest BCUT2D eigenvalue weighted by Crippen LogP contribution is 2.48. The van der Waals surface area contributed by atoms with Gasteiger partial charge in [-0.15, -0.1) is 0 Å². The quantitative estimate of drug-likeness (QED) is 0.440. The zero-order valence-electron chi connectivity index (χ0n) is 18.4. The number of hydrogen-bond acceptors (Lipinski definition) is 6. The van der Waals surface area contributed by atoms with Crippen molar-refractivity contribution in [1.82, 2.24) is 0 Å². The summed E-state index contributed by atoms with van der Waals surface area (Å²) in [5.74, 6) is -1.33. The monoisotopic (exact) mass is 430 g/mol. The third kappa shape index (κ3) is 3.47. The second kappa shape index (κ2) is 8.75. The van der Waals surface area contributed by atoms with Gasteiger partial charge in [-0.2, -0.15) is 0 Å². The molecule has 4 rings (SSSR count). The molecule has 164 valence electrons. The minimum Gasteiger partial charge on any atom is -0.467 e. The van der Waals surface area contributed by atoms with Crippen LogP contribution in [0.2, 0.25) is 0 Å². The topological polar surface area (TPSA) is 59.1 Å². The number of nitrogens with zero attached hydrogens (tertiary/aromatic N) is 2. The van der Waals surface area contributed by atoms with E-state index in [2.05, 4.69) is 0 Å². The van der Waals surface area contributed by atoms with E-state index in [0.717, 1.165) is 16.8 Å². The van der Waals surface area contributed by atoms with E-state index in [1.807, 2.05) is 96.9 Å². The van der Waals surface area contributed by atoms with Gasteiger partial charge in [0.05, 0.1) is 31.6 Å². The van der Waals surface area contributed by atoms with Crippen LogP contribution in [0, 0.1) is 6.92 Å². The van der Waals surface area contributed by atoms with E-state index < -0.39 is 17.5 Å². The first-order chi connectivity index (χ1) is 15.5. The van der Waals surface area contributed by atoms with Crippen LogP contribution in [-0.2, 0) is 19.1 Å². The molecule has 6 nitrogen and oxygen atoms in total. The Bertz CT molecular complexity index is 1070. The molecule has 0 bridgehead atoms. The zero-order chi connectivity index (χ0) is 22.7. The van der Waals surface area contributed by atoms with Crippen LogP contribution >= 0.6 is 0 Å². The molecule has 1 heterocycles. The van der Waals surface area contributed by atoms with Crippen LogP contribution in [0.1, 0.15) is 23.6 Å². The maximum Gasteiger partial charge on any atom is 0.345 e. The summed E-state index contributed by atoms with van der Waals surface area (Å²) in [6.07, 6.45) is 0.166. The summed E-state index contributed by atoms with van der Waals surface area (Å²) in [5.41, 5.74) is 1.95. The Labute approximate surface area is 187 Å². The molecular formula is C26H26N2O4. The summed E-state index contributed by atoms with van der Waals surface area (Å²) in [4.78, 5) is 26.7. The summed E-state index contributed by atoms with van der Waals surface area (Å²) in [6, 6.07) is 26.9. The number of anilines is 2. The molecule has 1 saturated heterocycles. The number of esters is 2. The number of rotatable bonds is 5. The molecule has 6 heteroatoms. The van der Waals surface area contributed by atoms with Crippen molar-refractivity contribution in [1.29, 1.82) is 0 Å². The van der Waals surface area contributed by atoms with Gasteiger partial charge in [-0.1, -0.05) is 66.2 Å².